The van der Waals surface area contributed by atoms with Gasteiger partial charge in [-0.3, -0.25) is 0 Å². The van der Waals surface area contributed by atoms with Crippen molar-refractivity contribution in [3.63, 3.8) is 0 Å². The Bertz CT molecular complexity index is 1230. The molecule has 5 rings (SSSR count). The van der Waals surface area contributed by atoms with Crippen LogP contribution < -0.4 is 10.2 Å². The first-order valence-corrected chi connectivity index (χ1v) is 14.3. The zero-order chi connectivity index (χ0) is 27.7. The normalized spacial score (nSPS) is 18.9. The molecule has 6 nitrogen and oxygen atoms in total. The Labute approximate surface area is 236 Å². The lowest BCUT2D eigenvalue weighted by Gasteiger charge is -2.33. The number of methoxy groups -OCH3 is 1. The molecule has 1 saturated heterocycles. The number of fused-ring (bicyclic) bond motifs is 1. The van der Waals surface area contributed by atoms with Gasteiger partial charge in [-0.1, -0.05) is 18.2 Å². The fourth-order valence-electron chi connectivity index (χ4n) is 5.50. The molecular weight excluding hydrogens is 507 g/mol. The predicted molar refractivity (Wildman–Crippen MR) is 155 cm³/mol. The first-order chi connectivity index (χ1) is 19.6. The summed E-state index contributed by atoms with van der Waals surface area (Å²) < 4.78 is 30.0. The molecule has 1 aliphatic carbocycles. The Balaban J connectivity index is 0.933. The van der Waals surface area contributed by atoms with E-state index in [0.29, 0.717) is 24.0 Å². The van der Waals surface area contributed by atoms with Crippen LogP contribution in [-0.4, -0.2) is 52.5 Å². The number of carbonyl (C=O) groups is 1. The monoisotopic (exact) mass is 546 g/mol. The van der Waals surface area contributed by atoms with Crippen LogP contribution in [0.1, 0.15) is 41.6 Å². The Morgan fingerprint density at radius 2 is 1.85 bits per heavy atom. The fraction of sp³-hybridized carbons (Fsp3) is 0.424. The predicted octanol–water partition coefficient (Wildman–Crippen LogP) is 5.81. The molecule has 0 aromatic heterocycles. The number of piperidine rings is 1. The number of halogens is 1. The van der Waals surface area contributed by atoms with Crippen molar-refractivity contribution in [2.75, 3.05) is 51.4 Å². The Morgan fingerprint density at radius 1 is 1.07 bits per heavy atom. The minimum Gasteiger partial charge on any atom is -0.466 e. The first kappa shape index (κ1) is 28.1. The number of rotatable bonds is 12. The first-order valence-electron chi connectivity index (χ1n) is 14.3. The molecule has 40 heavy (non-hydrogen) atoms. The topological polar surface area (TPSA) is 60.0 Å². The highest BCUT2D eigenvalue weighted by molar-refractivity contribution is 5.89. The molecule has 2 aromatic rings. The molecule has 3 aliphatic rings. The minimum atomic E-state index is -0.303. The fourth-order valence-corrected chi connectivity index (χ4v) is 5.50. The lowest BCUT2D eigenvalue weighted by molar-refractivity contribution is 0.0600. The number of hydrogen-bond donors (Lipinski definition) is 1. The van der Waals surface area contributed by atoms with E-state index in [1.807, 2.05) is 36.4 Å². The van der Waals surface area contributed by atoms with Gasteiger partial charge >= 0.3 is 5.97 Å². The number of hydrogen-bond acceptors (Lipinski definition) is 6. The van der Waals surface area contributed by atoms with Gasteiger partial charge in [0, 0.05) is 50.8 Å². The molecule has 0 radical (unpaired) electrons. The van der Waals surface area contributed by atoms with Crippen molar-refractivity contribution in [3.05, 3.63) is 101 Å². The van der Waals surface area contributed by atoms with E-state index in [0.717, 1.165) is 87.7 Å². The molecule has 0 amide bonds. The largest absolute Gasteiger partial charge is 0.466 e. The number of allylic oxidation sites excluding steroid dienone is 3. The van der Waals surface area contributed by atoms with Gasteiger partial charge in [0.05, 0.1) is 19.3 Å². The average Bonchev–Trinajstić information content (AvgIpc) is 3.41. The maximum atomic E-state index is 13.1. The Kier molecular flexibility index (Phi) is 9.68. The Morgan fingerprint density at radius 3 is 2.60 bits per heavy atom. The van der Waals surface area contributed by atoms with Crippen molar-refractivity contribution in [2.24, 2.45) is 11.8 Å². The van der Waals surface area contributed by atoms with Crippen molar-refractivity contribution in [1.29, 1.82) is 0 Å². The van der Waals surface area contributed by atoms with Gasteiger partial charge in [0.15, 0.2) is 0 Å². The summed E-state index contributed by atoms with van der Waals surface area (Å²) in [5, 5.41) is 3.50. The molecule has 2 heterocycles. The number of nitrogens with one attached hydrogen (secondary N) is 1. The smallest absolute Gasteiger partial charge is 0.337 e. The zero-order valence-electron chi connectivity index (χ0n) is 23.2. The number of benzene rings is 2. The van der Waals surface area contributed by atoms with E-state index < -0.39 is 0 Å². The van der Waals surface area contributed by atoms with Crippen molar-refractivity contribution >= 4 is 11.7 Å². The molecule has 1 atom stereocenters. The van der Waals surface area contributed by atoms with Crippen LogP contribution in [-0.2, 0) is 20.6 Å². The van der Waals surface area contributed by atoms with Gasteiger partial charge in [0.25, 0.3) is 0 Å². The lowest BCUT2D eigenvalue weighted by Crippen LogP contribution is -2.35. The summed E-state index contributed by atoms with van der Waals surface area (Å²) in [7, 11) is 1.40. The number of carbonyl (C=O) groups excluding carboxylic acids is 1. The molecule has 0 spiro atoms. The van der Waals surface area contributed by atoms with Gasteiger partial charge in [0.2, 0.25) is 0 Å². The molecule has 0 saturated carbocycles. The molecule has 2 aliphatic heterocycles. The van der Waals surface area contributed by atoms with Crippen molar-refractivity contribution in [2.45, 2.75) is 32.1 Å². The summed E-state index contributed by atoms with van der Waals surface area (Å²) in [6, 6.07) is 14.3. The molecule has 7 heteroatoms. The number of nitrogens with zero attached hydrogens (tertiary/aromatic N) is 1. The summed E-state index contributed by atoms with van der Waals surface area (Å²) in [5.74, 6) is 2.46. The van der Waals surface area contributed by atoms with E-state index in [1.165, 1.54) is 24.8 Å². The van der Waals surface area contributed by atoms with Crippen LogP contribution in [0.15, 0.2) is 83.9 Å². The average molecular weight is 547 g/mol. The lowest BCUT2D eigenvalue weighted by atomic mass is 9.95. The summed E-state index contributed by atoms with van der Waals surface area (Å²) in [5.41, 5.74) is 4.10. The number of esters is 1. The second kappa shape index (κ2) is 13.8. The van der Waals surface area contributed by atoms with Crippen molar-refractivity contribution in [1.82, 2.24) is 5.32 Å². The van der Waals surface area contributed by atoms with E-state index in [-0.39, 0.29) is 11.8 Å². The zero-order valence-corrected chi connectivity index (χ0v) is 23.2. The summed E-state index contributed by atoms with van der Waals surface area (Å²) in [6.45, 7) is 5.12. The molecule has 1 N–H and O–H groups in total. The maximum Gasteiger partial charge on any atom is 0.337 e. The van der Waals surface area contributed by atoms with Gasteiger partial charge in [-0.15, -0.1) is 0 Å². The van der Waals surface area contributed by atoms with Crippen LogP contribution in [0.25, 0.3) is 0 Å². The van der Waals surface area contributed by atoms with E-state index in [9.17, 15) is 9.18 Å². The van der Waals surface area contributed by atoms with E-state index in [4.69, 9.17) is 14.2 Å². The standard InChI is InChI=1S/C33H39FN2O4/c1-38-33(37)27-7-11-30(12-8-27)36-17-14-25(15-18-36)23-39-19-16-35-22-26-2-6-28-21-31(40-32(28)20-26)13-5-24-3-9-29(34)10-4-24/h2-4,7-12,20-21,25,28,35H,5-6,13-19,22-23H2,1H3. The third-order valence-electron chi connectivity index (χ3n) is 7.91. The van der Waals surface area contributed by atoms with E-state index in [1.54, 1.807) is 0 Å². The maximum absolute atomic E-state index is 13.1. The van der Waals surface area contributed by atoms with Crippen LogP contribution in [0, 0.1) is 17.7 Å². The van der Waals surface area contributed by atoms with Crippen LogP contribution in [0.4, 0.5) is 10.1 Å². The summed E-state index contributed by atoms with van der Waals surface area (Å²) in [4.78, 5) is 14.0. The summed E-state index contributed by atoms with van der Waals surface area (Å²) in [6.07, 6.45) is 11.5. The van der Waals surface area contributed by atoms with E-state index >= 15 is 0 Å². The number of ether oxygens (including phenoxy) is 3. The van der Waals surface area contributed by atoms with Crippen molar-refractivity contribution < 1.29 is 23.4 Å². The van der Waals surface area contributed by atoms with Crippen molar-refractivity contribution in [3.8, 4) is 0 Å². The highest BCUT2D eigenvalue weighted by Crippen LogP contribution is 2.35. The third kappa shape index (κ3) is 7.61. The number of anilines is 1. The quantitative estimate of drug-likeness (QED) is 0.268. The van der Waals surface area contributed by atoms with Gasteiger partial charge in [0.1, 0.15) is 17.3 Å². The molecule has 1 fully saturated rings. The molecule has 0 bridgehead atoms. The Hall–Kier alpha value is -3.42. The SMILES string of the molecule is COC(=O)c1ccc(N2CCC(COCCNCC3=CCC4C=C(CCc5ccc(F)cc5)OC4=C3)CC2)cc1. The van der Waals surface area contributed by atoms with Crippen LogP contribution in [0.3, 0.4) is 0 Å². The minimum absolute atomic E-state index is 0.200. The van der Waals surface area contributed by atoms with Crippen LogP contribution >= 0.6 is 0 Å². The van der Waals surface area contributed by atoms with Gasteiger partial charge < -0.3 is 24.4 Å². The van der Waals surface area contributed by atoms with Gasteiger partial charge in [-0.2, -0.15) is 0 Å². The highest BCUT2D eigenvalue weighted by Gasteiger charge is 2.25. The molecule has 2 aromatic carbocycles. The van der Waals surface area contributed by atoms with Gasteiger partial charge in [-0.05, 0) is 91.3 Å². The van der Waals surface area contributed by atoms with Gasteiger partial charge in [-0.25, -0.2) is 9.18 Å². The second-order valence-electron chi connectivity index (χ2n) is 10.8. The molecule has 1 unspecified atom stereocenters. The second-order valence-corrected chi connectivity index (χ2v) is 10.8. The highest BCUT2D eigenvalue weighted by atomic mass is 19.1. The molecule has 212 valence electrons. The molecular formula is C33H39FN2O4. The van der Waals surface area contributed by atoms with E-state index in [2.05, 4.69) is 28.4 Å². The number of aryl methyl sites for hydroxylation is 1. The third-order valence-corrected chi connectivity index (χ3v) is 7.91. The summed E-state index contributed by atoms with van der Waals surface area (Å²) >= 11 is 0. The van der Waals surface area contributed by atoms with Crippen LogP contribution in [0.5, 0.6) is 0 Å². The van der Waals surface area contributed by atoms with Crippen LogP contribution in [0.2, 0.25) is 0 Å².